The van der Waals surface area contributed by atoms with Gasteiger partial charge in [0, 0.05) is 12.6 Å². The Hall–Kier alpha value is -3.27. The highest BCUT2D eigenvalue weighted by Gasteiger charge is 2.32. The Balaban J connectivity index is 1.92. The lowest BCUT2D eigenvalue weighted by Crippen LogP contribution is -2.52. The molecular weight excluding hydrogens is 494 g/mol. The first-order valence-electron chi connectivity index (χ1n) is 12.4. The maximum absolute atomic E-state index is 13.7. The van der Waals surface area contributed by atoms with Crippen molar-refractivity contribution in [3.05, 3.63) is 53.6 Å². The Morgan fingerprint density at radius 1 is 1.05 bits per heavy atom. The average molecular weight is 532 g/mol. The van der Waals surface area contributed by atoms with Gasteiger partial charge in [0.15, 0.2) is 0 Å². The molecule has 10 heteroatoms. The van der Waals surface area contributed by atoms with Crippen LogP contribution < -0.4 is 19.1 Å². The van der Waals surface area contributed by atoms with Gasteiger partial charge in [0.2, 0.25) is 21.8 Å². The van der Waals surface area contributed by atoms with E-state index in [1.54, 1.807) is 44.4 Å². The van der Waals surface area contributed by atoms with Crippen LogP contribution in [0.5, 0.6) is 11.5 Å². The second-order valence-corrected chi connectivity index (χ2v) is 11.4. The fourth-order valence-electron chi connectivity index (χ4n) is 4.49. The summed E-state index contributed by atoms with van der Waals surface area (Å²) in [6.45, 7) is 3.15. The number of benzene rings is 2. The number of hydrogen-bond donors (Lipinski definition) is 1. The summed E-state index contributed by atoms with van der Waals surface area (Å²) < 4.78 is 37.3. The topological polar surface area (TPSA) is 105 Å². The van der Waals surface area contributed by atoms with E-state index in [1.807, 2.05) is 19.1 Å². The van der Waals surface area contributed by atoms with Gasteiger partial charge in [-0.15, -0.1) is 0 Å². The second-order valence-electron chi connectivity index (χ2n) is 9.48. The number of carbonyl (C=O) groups is 2. The number of ether oxygens (including phenoxy) is 2. The molecule has 0 saturated heterocycles. The number of anilines is 1. The highest BCUT2D eigenvalue weighted by atomic mass is 32.2. The fraction of sp³-hybridized carbons (Fsp3) is 0.481. The molecule has 1 fully saturated rings. The Morgan fingerprint density at radius 3 is 2.27 bits per heavy atom. The highest BCUT2D eigenvalue weighted by Crippen LogP contribution is 2.31. The molecule has 2 aromatic carbocycles. The Labute approximate surface area is 219 Å². The van der Waals surface area contributed by atoms with Crippen molar-refractivity contribution in [1.29, 1.82) is 0 Å². The molecule has 0 radical (unpaired) electrons. The van der Waals surface area contributed by atoms with Crippen molar-refractivity contribution in [2.45, 2.75) is 58.2 Å². The fourth-order valence-corrected chi connectivity index (χ4v) is 5.34. The summed E-state index contributed by atoms with van der Waals surface area (Å²) in [5.41, 5.74) is 1.87. The molecule has 0 unspecified atom stereocenters. The van der Waals surface area contributed by atoms with E-state index in [4.69, 9.17) is 9.47 Å². The molecule has 2 aromatic rings. The molecule has 1 saturated carbocycles. The van der Waals surface area contributed by atoms with Crippen LogP contribution in [-0.4, -0.2) is 64.2 Å². The summed E-state index contributed by atoms with van der Waals surface area (Å²) in [4.78, 5) is 28.3. The Kier molecular flexibility index (Phi) is 9.42. The maximum atomic E-state index is 13.7. The lowest BCUT2D eigenvalue weighted by atomic mass is 10.1. The van der Waals surface area contributed by atoms with Crippen LogP contribution in [0.2, 0.25) is 0 Å². The summed E-state index contributed by atoms with van der Waals surface area (Å²) in [7, 11) is -0.838. The van der Waals surface area contributed by atoms with Crippen LogP contribution in [0.3, 0.4) is 0 Å². The van der Waals surface area contributed by atoms with Gasteiger partial charge in [-0.25, -0.2) is 8.42 Å². The highest BCUT2D eigenvalue weighted by molar-refractivity contribution is 7.92. The van der Waals surface area contributed by atoms with Crippen molar-refractivity contribution in [2.24, 2.45) is 0 Å². The third-order valence-electron chi connectivity index (χ3n) is 6.66. The normalized spacial score (nSPS) is 14.6. The van der Waals surface area contributed by atoms with E-state index in [0.29, 0.717) is 11.5 Å². The molecule has 1 atom stereocenters. The summed E-state index contributed by atoms with van der Waals surface area (Å²) in [6.07, 6.45) is 5.01. The van der Waals surface area contributed by atoms with Crippen LogP contribution in [0.1, 0.15) is 43.7 Å². The van der Waals surface area contributed by atoms with Crippen LogP contribution in [-0.2, 0) is 26.2 Å². The summed E-state index contributed by atoms with van der Waals surface area (Å²) >= 11 is 0. The summed E-state index contributed by atoms with van der Waals surface area (Å²) in [5, 5.41) is 3.05. The number of rotatable bonds is 11. The smallest absolute Gasteiger partial charge is 0.244 e. The third kappa shape index (κ3) is 7.38. The second kappa shape index (κ2) is 12.3. The lowest BCUT2D eigenvalue weighted by molar-refractivity contribution is -0.139. The summed E-state index contributed by atoms with van der Waals surface area (Å²) in [5.74, 6) is 0.243. The van der Waals surface area contributed by atoms with Crippen LogP contribution in [0.15, 0.2) is 42.5 Å². The first-order chi connectivity index (χ1) is 17.5. The average Bonchev–Trinajstić information content (AvgIpc) is 3.38. The zero-order valence-electron chi connectivity index (χ0n) is 22.2. The third-order valence-corrected chi connectivity index (χ3v) is 7.79. The van der Waals surface area contributed by atoms with Crippen molar-refractivity contribution in [3.63, 3.8) is 0 Å². The van der Waals surface area contributed by atoms with Crippen LogP contribution in [0.4, 0.5) is 5.69 Å². The first kappa shape index (κ1) is 28.3. The van der Waals surface area contributed by atoms with E-state index in [9.17, 15) is 18.0 Å². The van der Waals surface area contributed by atoms with Gasteiger partial charge < -0.3 is 19.7 Å². The number of methoxy groups -OCH3 is 2. The Morgan fingerprint density at radius 2 is 1.70 bits per heavy atom. The monoisotopic (exact) mass is 531 g/mol. The van der Waals surface area contributed by atoms with Gasteiger partial charge in [-0.1, -0.05) is 31.0 Å². The quantitative estimate of drug-likeness (QED) is 0.477. The lowest BCUT2D eigenvalue weighted by Gasteiger charge is -2.32. The van der Waals surface area contributed by atoms with Crippen LogP contribution in [0.25, 0.3) is 0 Å². The van der Waals surface area contributed by atoms with Gasteiger partial charge in [0.25, 0.3) is 0 Å². The Bertz CT molecular complexity index is 1190. The number of aryl methyl sites for hydroxylation is 1. The zero-order chi connectivity index (χ0) is 27.2. The van der Waals surface area contributed by atoms with Gasteiger partial charge in [0.05, 0.1) is 26.2 Å². The van der Waals surface area contributed by atoms with Gasteiger partial charge in [0.1, 0.15) is 24.1 Å². The van der Waals surface area contributed by atoms with E-state index in [-0.39, 0.29) is 24.2 Å². The number of hydrogen-bond acceptors (Lipinski definition) is 6. The van der Waals surface area contributed by atoms with Gasteiger partial charge >= 0.3 is 0 Å². The molecule has 0 aliphatic heterocycles. The van der Waals surface area contributed by atoms with Gasteiger partial charge in [-0.05, 0) is 62.1 Å². The van der Waals surface area contributed by atoms with Crippen molar-refractivity contribution in [3.8, 4) is 11.5 Å². The molecule has 2 amide bonds. The SMILES string of the molecule is COc1ccc(CN(C(=O)CN(c2cc(C)ccc2OC)S(C)(=O)=O)[C@@H](C)C(=O)NC2CCCC2)cc1. The molecule has 0 bridgehead atoms. The number of nitrogens with zero attached hydrogens (tertiary/aromatic N) is 2. The van der Waals surface area contributed by atoms with E-state index >= 15 is 0 Å². The predicted molar refractivity (Wildman–Crippen MR) is 143 cm³/mol. The van der Waals surface area contributed by atoms with E-state index in [1.165, 1.54) is 12.0 Å². The van der Waals surface area contributed by atoms with E-state index < -0.39 is 28.5 Å². The zero-order valence-corrected chi connectivity index (χ0v) is 23.0. The van der Waals surface area contributed by atoms with Crippen molar-refractivity contribution in [1.82, 2.24) is 10.2 Å². The van der Waals surface area contributed by atoms with Gasteiger partial charge in [-0.3, -0.25) is 13.9 Å². The minimum absolute atomic E-state index is 0.0944. The minimum atomic E-state index is -3.85. The molecule has 0 heterocycles. The molecule has 3 rings (SSSR count). The molecule has 202 valence electrons. The molecule has 1 aliphatic rings. The predicted octanol–water partition coefficient (Wildman–Crippen LogP) is 3.25. The largest absolute Gasteiger partial charge is 0.497 e. The molecular formula is C27H37N3O6S. The maximum Gasteiger partial charge on any atom is 0.244 e. The van der Waals surface area contributed by atoms with Crippen molar-refractivity contribution in [2.75, 3.05) is 31.3 Å². The molecule has 9 nitrogen and oxygen atoms in total. The van der Waals surface area contributed by atoms with Gasteiger partial charge in [-0.2, -0.15) is 0 Å². The van der Waals surface area contributed by atoms with Crippen molar-refractivity contribution >= 4 is 27.5 Å². The molecule has 0 spiro atoms. The molecule has 1 N–H and O–H groups in total. The van der Waals surface area contributed by atoms with E-state index in [0.717, 1.165) is 47.4 Å². The van der Waals surface area contributed by atoms with E-state index in [2.05, 4.69) is 5.32 Å². The van der Waals surface area contributed by atoms with Crippen LogP contribution >= 0.6 is 0 Å². The molecule has 0 aromatic heterocycles. The number of amides is 2. The molecule has 1 aliphatic carbocycles. The number of nitrogens with one attached hydrogen (secondary N) is 1. The number of sulfonamides is 1. The molecule has 37 heavy (non-hydrogen) atoms. The number of carbonyl (C=O) groups excluding carboxylic acids is 2. The van der Waals surface area contributed by atoms with Crippen molar-refractivity contribution < 1.29 is 27.5 Å². The minimum Gasteiger partial charge on any atom is -0.497 e. The first-order valence-corrected chi connectivity index (χ1v) is 14.2. The summed E-state index contributed by atoms with van der Waals surface area (Å²) in [6, 6.07) is 11.6. The van der Waals surface area contributed by atoms with Crippen LogP contribution in [0, 0.1) is 6.92 Å². The standard InChI is InChI=1S/C27H37N3O6S/c1-19-10-15-25(36-4)24(16-19)30(37(5,33)34)18-26(31)29(17-21-11-13-23(35-3)14-12-21)20(2)27(32)28-22-8-6-7-9-22/h10-16,20,22H,6-9,17-18H2,1-5H3,(H,28,32)/t20-/m0/s1.